The molecule has 0 heterocycles. The van der Waals surface area contributed by atoms with E-state index in [1.54, 1.807) is 7.11 Å². The minimum Gasteiger partial charge on any atom is -0.457 e. The van der Waals surface area contributed by atoms with Crippen LogP contribution in [-0.2, 0) is 4.74 Å². The number of carbonyl (C=O) groups is 1. The standard InChI is InChI=1S/C19H24N2O3/c1-15(21-19(22)20-13-8-14-23-2)17-11-6-7-12-18(17)24-16-9-4-3-5-10-16/h3-7,9-12,15H,8,13-14H2,1-2H3,(H2,20,21,22). The van der Waals surface area contributed by atoms with Gasteiger partial charge in [-0.1, -0.05) is 36.4 Å². The Morgan fingerprint density at radius 3 is 2.54 bits per heavy atom. The van der Waals surface area contributed by atoms with Crippen molar-refractivity contribution in [2.45, 2.75) is 19.4 Å². The molecule has 0 aliphatic rings. The third-order valence-electron chi connectivity index (χ3n) is 3.51. The zero-order chi connectivity index (χ0) is 17.2. The van der Waals surface area contributed by atoms with Gasteiger partial charge in [0.05, 0.1) is 6.04 Å². The van der Waals surface area contributed by atoms with Gasteiger partial charge in [0, 0.05) is 25.8 Å². The molecule has 2 rings (SSSR count). The zero-order valence-electron chi connectivity index (χ0n) is 14.1. The van der Waals surface area contributed by atoms with Gasteiger partial charge in [-0.2, -0.15) is 0 Å². The lowest BCUT2D eigenvalue weighted by Crippen LogP contribution is -2.37. The second-order valence-electron chi connectivity index (χ2n) is 5.42. The van der Waals surface area contributed by atoms with Crippen molar-refractivity contribution in [2.24, 2.45) is 0 Å². The fourth-order valence-electron chi connectivity index (χ4n) is 2.29. The van der Waals surface area contributed by atoms with Crippen LogP contribution in [0.1, 0.15) is 24.9 Å². The average molecular weight is 328 g/mol. The number of hydrogen-bond acceptors (Lipinski definition) is 3. The Bertz CT molecular complexity index is 632. The Morgan fingerprint density at radius 1 is 1.08 bits per heavy atom. The van der Waals surface area contributed by atoms with Crippen LogP contribution in [0.3, 0.4) is 0 Å². The van der Waals surface area contributed by atoms with Crippen molar-refractivity contribution in [3.63, 3.8) is 0 Å². The summed E-state index contributed by atoms with van der Waals surface area (Å²) in [6.07, 6.45) is 0.784. The number of nitrogens with one attached hydrogen (secondary N) is 2. The van der Waals surface area contributed by atoms with Crippen LogP contribution in [0.5, 0.6) is 11.5 Å². The molecule has 0 aromatic heterocycles. The molecule has 5 heteroatoms. The summed E-state index contributed by atoms with van der Waals surface area (Å²) < 4.78 is 10.9. The molecule has 1 atom stereocenters. The second kappa shape index (κ2) is 9.57. The van der Waals surface area contributed by atoms with E-state index in [2.05, 4.69) is 10.6 Å². The van der Waals surface area contributed by atoms with Gasteiger partial charge < -0.3 is 20.1 Å². The molecule has 2 N–H and O–H groups in total. The van der Waals surface area contributed by atoms with E-state index in [9.17, 15) is 4.79 Å². The first-order valence-corrected chi connectivity index (χ1v) is 8.06. The summed E-state index contributed by atoms with van der Waals surface area (Å²) >= 11 is 0. The highest BCUT2D eigenvalue weighted by Crippen LogP contribution is 2.29. The first-order valence-electron chi connectivity index (χ1n) is 8.06. The number of carbonyl (C=O) groups excluding carboxylic acids is 1. The number of amides is 2. The van der Waals surface area contributed by atoms with Gasteiger partial charge in [-0.3, -0.25) is 0 Å². The summed E-state index contributed by atoms with van der Waals surface area (Å²) in [5.41, 5.74) is 0.924. The molecule has 0 fully saturated rings. The normalized spacial score (nSPS) is 11.6. The highest BCUT2D eigenvalue weighted by molar-refractivity contribution is 5.74. The maximum absolute atomic E-state index is 12.0. The molecule has 0 saturated carbocycles. The lowest BCUT2D eigenvalue weighted by Gasteiger charge is -2.18. The van der Waals surface area contributed by atoms with Crippen LogP contribution in [0.15, 0.2) is 54.6 Å². The van der Waals surface area contributed by atoms with Crippen molar-refractivity contribution < 1.29 is 14.3 Å². The van der Waals surface area contributed by atoms with Gasteiger partial charge in [0.15, 0.2) is 0 Å². The van der Waals surface area contributed by atoms with E-state index >= 15 is 0 Å². The minimum absolute atomic E-state index is 0.174. The third kappa shape index (κ3) is 5.59. The molecule has 0 aliphatic heterocycles. The number of ether oxygens (including phenoxy) is 2. The number of rotatable bonds is 8. The van der Waals surface area contributed by atoms with Crippen LogP contribution in [0, 0.1) is 0 Å². The number of benzene rings is 2. The highest BCUT2D eigenvalue weighted by atomic mass is 16.5. The predicted octanol–water partition coefficient (Wildman–Crippen LogP) is 3.88. The molecular weight excluding hydrogens is 304 g/mol. The molecule has 1 unspecified atom stereocenters. The number of urea groups is 1. The van der Waals surface area contributed by atoms with Crippen LogP contribution in [-0.4, -0.2) is 26.3 Å². The molecule has 2 aromatic carbocycles. The zero-order valence-corrected chi connectivity index (χ0v) is 14.1. The molecule has 24 heavy (non-hydrogen) atoms. The van der Waals surface area contributed by atoms with E-state index in [-0.39, 0.29) is 12.1 Å². The molecule has 2 aromatic rings. The van der Waals surface area contributed by atoms with Gasteiger partial charge >= 0.3 is 6.03 Å². The number of methoxy groups -OCH3 is 1. The van der Waals surface area contributed by atoms with Crippen molar-refractivity contribution in [1.29, 1.82) is 0 Å². The highest BCUT2D eigenvalue weighted by Gasteiger charge is 2.14. The molecule has 0 radical (unpaired) electrons. The van der Waals surface area contributed by atoms with Gasteiger partial charge in [0.2, 0.25) is 0 Å². The molecule has 0 saturated heterocycles. The number of para-hydroxylation sites is 2. The average Bonchev–Trinajstić information content (AvgIpc) is 2.60. The molecule has 5 nitrogen and oxygen atoms in total. The Balaban J connectivity index is 1.96. The topological polar surface area (TPSA) is 59.6 Å². The molecule has 128 valence electrons. The summed E-state index contributed by atoms with van der Waals surface area (Å²) in [7, 11) is 1.64. The first-order chi connectivity index (χ1) is 11.7. The summed E-state index contributed by atoms with van der Waals surface area (Å²) in [6.45, 7) is 3.14. The maximum Gasteiger partial charge on any atom is 0.315 e. The van der Waals surface area contributed by atoms with E-state index in [1.165, 1.54) is 0 Å². The van der Waals surface area contributed by atoms with Crippen LogP contribution >= 0.6 is 0 Å². The SMILES string of the molecule is COCCCNC(=O)NC(C)c1ccccc1Oc1ccccc1. The Kier molecular flexibility index (Phi) is 7.11. The van der Waals surface area contributed by atoms with Crippen molar-refractivity contribution in [1.82, 2.24) is 10.6 Å². The Labute approximate surface area is 143 Å². The largest absolute Gasteiger partial charge is 0.457 e. The van der Waals surface area contributed by atoms with Crippen molar-refractivity contribution in [3.8, 4) is 11.5 Å². The molecular formula is C19H24N2O3. The van der Waals surface area contributed by atoms with E-state index in [1.807, 2.05) is 61.5 Å². The summed E-state index contributed by atoms with van der Waals surface area (Å²) in [5, 5.41) is 5.74. The number of hydrogen-bond donors (Lipinski definition) is 2. The first kappa shape index (κ1) is 17.8. The lowest BCUT2D eigenvalue weighted by molar-refractivity contribution is 0.193. The smallest absolute Gasteiger partial charge is 0.315 e. The van der Waals surface area contributed by atoms with Crippen molar-refractivity contribution in [2.75, 3.05) is 20.3 Å². The van der Waals surface area contributed by atoms with Gasteiger partial charge in [0.1, 0.15) is 11.5 Å². The minimum atomic E-state index is -0.201. The van der Waals surface area contributed by atoms with Crippen LogP contribution in [0.25, 0.3) is 0 Å². The molecule has 0 bridgehead atoms. The van der Waals surface area contributed by atoms with Crippen molar-refractivity contribution in [3.05, 3.63) is 60.2 Å². The fraction of sp³-hybridized carbons (Fsp3) is 0.316. The van der Waals surface area contributed by atoms with E-state index in [4.69, 9.17) is 9.47 Å². The predicted molar refractivity (Wildman–Crippen MR) is 94.4 cm³/mol. The van der Waals surface area contributed by atoms with Crippen molar-refractivity contribution >= 4 is 6.03 Å². The summed E-state index contributed by atoms with van der Waals surface area (Å²) in [4.78, 5) is 12.0. The van der Waals surface area contributed by atoms with E-state index < -0.39 is 0 Å². The van der Waals surface area contributed by atoms with Crippen LogP contribution in [0.2, 0.25) is 0 Å². The van der Waals surface area contributed by atoms with Gasteiger partial charge in [-0.05, 0) is 31.5 Å². The van der Waals surface area contributed by atoms with Gasteiger partial charge in [-0.25, -0.2) is 4.79 Å². The second-order valence-corrected chi connectivity index (χ2v) is 5.42. The monoisotopic (exact) mass is 328 g/mol. The van der Waals surface area contributed by atoms with E-state index in [0.717, 1.165) is 23.5 Å². The quantitative estimate of drug-likeness (QED) is 0.723. The Morgan fingerprint density at radius 2 is 1.79 bits per heavy atom. The van der Waals surface area contributed by atoms with Gasteiger partial charge in [-0.15, -0.1) is 0 Å². The van der Waals surface area contributed by atoms with E-state index in [0.29, 0.717) is 13.2 Å². The van der Waals surface area contributed by atoms with Gasteiger partial charge in [0.25, 0.3) is 0 Å². The Hall–Kier alpha value is -2.53. The summed E-state index contributed by atoms with van der Waals surface area (Å²) in [6, 6.07) is 16.9. The third-order valence-corrected chi connectivity index (χ3v) is 3.51. The molecule has 0 spiro atoms. The molecule has 2 amide bonds. The van der Waals surface area contributed by atoms with Crippen LogP contribution < -0.4 is 15.4 Å². The lowest BCUT2D eigenvalue weighted by atomic mass is 10.1. The maximum atomic E-state index is 12.0. The van der Waals surface area contributed by atoms with Crippen LogP contribution in [0.4, 0.5) is 4.79 Å². The molecule has 0 aliphatic carbocycles. The fourth-order valence-corrected chi connectivity index (χ4v) is 2.29. The summed E-state index contributed by atoms with van der Waals surface area (Å²) in [5.74, 6) is 1.50.